The fraction of sp³-hybridized carbons (Fsp3) is 0.625. The maximum Gasteiger partial charge on any atom is 0.264 e. The van der Waals surface area contributed by atoms with E-state index in [0.29, 0.717) is 0 Å². The Bertz CT molecular complexity index is 534. The van der Waals surface area contributed by atoms with Crippen LogP contribution >= 0.6 is 0 Å². The Morgan fingerprint density at radius 3 is 1.90 bits per heavy atom. The Kier molecular flexibility index (Phi) is 5.03. The molecule has 0 radical (unpaired) electrons. The first kappa shape index (κ1) is 17.2. The zero-order valence-corrected chi connectivity index (χ0v) is 14.2. The van der Waals surface area contributed by atoms with Gasteiger partial charge in [-0.2, -0.15) is 8.42 Å². The second-order valence-electron chi connectivity index (χ2n) is 7.28. The summed E-state index contributed by atoms with van der Waals surface area (Å²) in [6.45, 7) is 11.3. The van der Waals surface area contributed by atoms with Crippen LogP contribution in [0.2, 0.25) is 0 Å². The maximum atomic E-state index is 11.0. The van der Waals surface area contributed by atoms with Crippen molar-refractivity contribution in [2.75, 3.05) is 6.26 Å². The zero-order valence-electron chi connectivity index (χ0n) is 13.4. The molecule has 20 heavy (non-hydrogen) atoms. The van der Waals surface area contributed by atoms with Crippen molar-refractivity contribution in [2.45, 2.75) is 53.1 Å². The third kappa shape index (κ3) is 6.06. The summed E-state index contributed by atoms with van der Waals surface area (Å²) in [5.74, 6) is 0. The molecule has 0 atom stereocenters. The van der Waals surface area contributed by atoms with Crippen LogP contribution in [0.25, 0.3) is 0 Å². The highest BCUT2D eigenvalue weighted by Crippen LogP contribution is 2.36. The predicted molar refractivity (Wildman–Crippen MR) is 83.2 cm³/mol. The van der Waals surface area contributed by atoms with E-state index in [0.717, 1.165) is 18.2 Å². The van der Waals surface area contributed by atoms with E-state index in [9.17, 15) is 8.42 Å². The number of hydrogen-bond donors (Lipinski definition) is 0. The van der Waals surface area contributed by atoms with E-state index < -0.39 is 10.1 Å². The maximum absolute atomic E-state index is 11.0. The van der Waals surface area contributed by atoms with Crippen LogP contribution in [0.3, 0.4) is 0 Å². The van der Waals surface area contributed by atoms with Crippen molar-refractivity contribution in [3.05, 3.63) is 35.4 Å². The average Bonchev–Trinajstić information content (AvgIpc) is 2.22. The highest BCUT2D eigenvalue weighted by atomic mass is 32.2. The van der Waals surface area contributed by atoms with Gasteiger partial charge in [-0.15, -0.1) is 0 Å². The molecular weight excluding hydrogens is 272 g/mol. The van der Waals surface area contributed by atoms with E-state index in [-0.39, 0.29) is 17.4 Å². The van der Waals surface area contributed by atoms with Crippen LogP contribution < -0.4 is 0 Å². The van der Waals surface area contributed by atoms with Gasteiger partial charge in [0, 0.05) is 0 Å². The molecule has 1 aromatic rings. The zero-order chi connectivity index (χ0) is 15.6. The van der Waals surface area contributed by atoms with Gasteiger partial charge in [0.2, 0.25) is 0 Å². The molecule has 0 amide bonds. The molecule has 0 aliphatic carbocycles. The molecule has 4 heteroatoms. The van der Waals surface area contributed by atoms with Gasteiger partial charge < -0.3 is 0 Å². The van der Waals surface area contributed by atoms with E-state index in [1.807, 2.05) is 12.1 Å². The van der Waals surface area contributed by atoms with Crippen LogP contribution in [0.4, 0.5) is 0 Å². The lowest BCUT2D eigenvalue weighted by molar-refractivity contribution is 0.283. The van der Waals surface area contributed by atoms with Gasteiger partial charge >= 0.3 is 0 Å². The first-order valence-electron chi connectivity index (χ1n) is 6.83. The molecule has 1 rings (SSSR count). The van der Waals surface area contributed by atoms with E-state index in [4.69, 9.17) is 4.18 Å². The Labute approximate surface area is 123 Å². The van der Waals surface area contributed by atoms with Crippen molar-refractivity contribution in [1.29, 1.82) is 0 Å². The van der Waals surface area contributed by atoms with E-state index in [2.05, 4.69) is 46.8 Å². The molecule has 3 nitrogen and oxygen atoms in total. The predicted octanol–water partition coefficient (Wildman–Crippen LogP) is 3.88. The number of rotatable bonds is 5. The third-order valence-electron chi connectivity index (χ3n) is 3.15. The van der Waals surface area contributed by atoms with Crippen LogP contribution in [0.15, 0.2) is 24.3 Å². The largest absolute Gasteiger partial charge is 0.265 e. The quantitative estimate of drug-likeness (QED) is 0.775. The minimum absolute atomic E-state index is 0.0917. The normalized spacial score (nSPS) is 13.5. The topological polar surface area (TPSA) is 43.4 Å². The van der Waals surface area contributed by atoms with Crippen LogP contribution in [-0.2, 0) is 26.3 Å². The second-order valence-corrected chi connectivity index (χ2v) is 8.93. The minimum Gasteiger partial charge on any atom is -0.265 e. The number of hydrogen-bond acceptors (Lipinski definition) is 3. The molecule has 0 saturated heterocycles. The molecule has 0 unspecified atom stereocenters. The Morgan fingerprint density at radius 2 is 1.50 bits per heavy atom. The second kappa shape index (κ2) is 5.86. The summed E-state index contributed by atoms with van der Waals surface area (Å²) >= 11 is 0. The molecule has 0 aliphatic heterocycles. The third-order valence-corrected chi connectivity index (χ3v) is 3.69. The summed E-state index contributed by atoms with van der Waals surface area (Å²) in [4.78, 5) is 0. The molecule has 0 fully saturated rings. The lowest BCUT2D eigenvalue weighted by Crippen LogP contribution is -2.24. The molecule has 0 N–H and O–H groups in total. The van der Waals surface area contributed by atoms with Crippen molar-refractivity contribution >= 4 is 10.1 Å². The molecule has 0 bridgehead atoms. The van der Waals surface area contributed by atoms with Gasteiger partial charge in [-0.25, -0.2) is 0 Å². The standard InChI is InChI=1S/C16H26O3S/c1-15(2,3)12-16(4,5)14-9-7-13(8-10-14)11-19-20(6,17)18/h7-10H,11-12H2,1-6H3. The summed E-state index contributed by atoms with van der Waals surface area (Å²) in [5, 5.41) is 0. The lowest BCUT2D eigenvalue weighted by atomic mass is 9.72. The molecule has 114 valence electrons. The highest BCUT2D eigenvalue weighted by Gasteiger charge is 2.27. The molecule has 0 aromatic heterocycles. The molecule has 1 aromatic carbocycles. The summed E-state index contributed by atoms with van der Waals surface area (Å²) in [6, 6.07) is 8.00. The Hall–Kier alpha value is -0.870. The average molecular weight is 298 g/mol. The van der Waals surface area contributed by atoms with E-state index in [1.165, 1.54) is 5.56 Å². The van der Waals surface area contributed by atoms with E-state index in [1.54, 1.807) is 0 Å². The smallest absolute Gasteiger partial charge is 0.264 e. The first-order chi connectivity index (χ1) is 8.89. The summed E-state index contributed by atoms with van der Waals surface area (Å²) in [6.07, 6.45) is 2.15. The van der Waals surface area contributed by atoms with Gasteiger partial charge in [0.25, 0.3) is 10.1 Å². The SMILES string of the molecule is CC(C)(C)CC(C)(C)c1ccc(COS(C)(=O)=O)cc1. The van der Waals surface area contributed by atoms with Gasteiger partial charge in [-0.05, 0) is 28.4 Å². The molecule has 0 spiro atoms. The van der Waals surface area contributed by atoms with Gasteiger partial charge in [0.1, 0.15) is 0 Å². The van der Waals surface area contributed by atoms with Gasteiger partial charge in [0.15, 0.2) is 0 Å². The van der Waals surface area contributed by atoms with Crippen LogP contribution in [-0.4, -0.2) is 14.7 Å². The fourth-order valence-corrected chi connectivity index (χ4v) is 3.01. The fourth-order valence-electron chi connectivity index (χ4n) is 2.66. The van der Waals surface area contributed by atoms with Crippen molar-refractivity contribution in [1.82, 2.24) is 0 Å². The van der Waals surface area contributed by atoms with Crippen molar-refractivity contribution in [3.63, 3.8) is 0 Å². The molecule has 0 aliphatic rings. The lowest BCUT2D eigenvalue weighted by Gasteiger charge is -2.33. The molecule has 0 saturated carbocycles. The van der Waals surface area contributed by atoms with Crippen molar-refractivity contribution < 1.29 is 12.6 Å². The van der Waals surface area contributed by atoms with Gasteiger partial charge in [0.05, 0.1) is 12.9 Å². The minimum atomic E-state index is -3.38. The monoisotopic (exact) mass is 298 g/mol. The summed E-state index contributed by atoms with van der Waals surface area (Å²) in [7, 11) is -3.38. The molecular formula is C16H26O3S. The van der Waals surface area contributed by atoms with Crippen LogP contribution in [0.5, 0.6) is 0 Å². The molecule has 0 heterocycles. The van der Waals surface area contributed by atoms with Crippen LogP contribution in [0, 0.1) is 5.41 Å². The number of benzene rings is 1. The van der Waals surface area contributed by atoms with E-state index >= 15 is 0 Å². The first-order valence-corrected chi connectivity index (χ1v) is 8.65. The van der Waals surface area contributed by atoms with Crippen molar-refractivity contribution in [2.24, 2.45) is 5.41 Å². The van der Waals surface area contributed by atoms with Gasteiger partial charge in [-0.3, -0.25) is 4.18 Å². The van der Waals surface area contributed by atoms with Crippen LogP contribution in [0.1, 0.15) is 52.2 Å². The highest BCUT2D eigenvalue weighted by molar-refractivity contribution is 7.85. The Morgan fingerprint density at radius 1 is 1.00 bits per heavy atom. The van der Waals surface area contributed by atoms with Gasteiger partial charge in [-0.1, -0.05) is 58.9 Å². The summed E-state index contributed by atoms with van der Waals surface area (Å²) < 4.78 is 26.7. The Balaban J connectivity index is 2.80. The van der Waals surface area contributed by atoms with Crippen molar-refractivity contribution in [3.8, 4) is 0 Å². The summed E-state index contributed by atoms with van der Waals surface area (Å²) in [5.41, 5.74) is 2.48.